The van der Waals surface area contributed by atoms with Crippen LogP contribution in [-0.2, 0) is 0 Å². The van der Waals surface area contributed by atoms with Gasteiger partial charge in [0.05, 0.1) is 0 Å². The molecule has 4 atom stereocenters. The van der Waals surface area contributed by atoms with Crippen molar-refractivity contribution in [2.45, 2.75) is 74.1 Å². The Bertz CT molecular complexity index is 297. The van der Waals surface area contributed by atoms with Gasteiger partial charge in [-0.3, -0.25) is 0 Å². The van der Waals surface area contributed by atoms with Crippen molar-refractivity contribution < 1.29 is 0 Å². The van der Waals surface area contributed by atoms with Gasteiger partial charge in [-0.05, 0) is 48.0 Å². The summed E-state index contributed by atoms with van der Waals surface area (Å²) in [6.07, 6.45) is 5.05. The molecule has 0 aromatic heterocycles. The first-order chi connectivity index (χ1) is 9.20. The molecule has 0 N–H and O–H groups in total. The van der Waals surface area contributed by atoms with Gasteiger partial charge in [-0.1, -0.05) is 80.0 Å². The predicted octanol–water partition coefficient (Wildman–Crippen LogP) is 6.88. The van der Waals surface area contributed by atoms with E-state index in [1.54, 1.807) is 0 Å². The Balaban J connectivity index is 4.33. The van der Waals surface area contributed by atoms with Gasteiger partial charge in [0.25, 0.3) is 0 Å². The third kappa shape index (κ3) is 6.77. The molecule has 118 valence electrons. The third-order valence-electron chi connectivity index (χ3n) is 5.20. The van der Waals surface area contributed by atoms with Gasteiger partial charge in [0.1, 0.15) is 0 Å². The van der Waals surface area contributed by atoms with Crippen LogP contribution in [-0.4, -0.2) is 0 Å². The molecule has 0 aliphatic carbocycles. The van der Waals surface area contributed by atoms with Gasteiger partial charge in [-0.15, -0.1) is 0 Å². The van der Waals surface area contributed by atoms with E-state index in [0.717, 1.165) is 24.2 Å². The maximum absolute atomic E-state index is 4.26. The van der Waals surface area contributed by atoms with E-state index < -0.39 is 0 Å². The summed E-state index contributed by atoms with van der Waals surface area (Å²) in [5.41, 5.74) is 2.49. The Labute approximate surface area is 128 Å². The SMILES string of the molecule is C=C(CC)C(=C)C(C)C(C)CC(C)C(C)CCC(C)C. The van der Waals surface area contributed by atoms with E-state index >= 15 is 0 Å². The topological polar surface area (TPSA) is 0 Å². The first kappa shape index (κ1) is 19.5. The molecular weight excluding hydrogens is 240 g/mol. The molecule has 4 unspecified atom stereocenters. The predicted molar refractivity (Wildman–Crippen MR) is 93.9 cm³/mol. The van der Waals surface area contributed by atoms with Crippen LogP contribution in [0.15, 0.2) is 24.3 Å². The van der Waals surface area contributed by atoms with E-state index in [2.05, 4.69) is 61.6 Å². The molecule has 0 aliphatic rings. The maximum Gasteiger partial charge on any atom is -0.0168 e. The minimum atomic E-state index is 0.558. The molecule has 0 fully saturated rings. The zero-order chi connectivity index (χ0) is 15.9. The first-order valence-electron chi connectivity index (χ1n) is 8.57. The van der Waals surface area contributed by atoms with E-state index in [1.165, 1.54) is 30.4 Å². The van der Waals surface area contributed by atoms with E-state index in [0.29, 0.717) is 11.8 Å². The van der Waals surface area contributed by atoms with Gasteiger partial charge in [0.15, 0.2) is 0 Å². The minimum Gasteiger partial charge on any atom is -0.0956 e. The Morgan fingerprint density at radius 3 is 1.80 bits per heavy atom. The highest BCUT2D eigenvalue weighted by Gasteiger charge is 2.21. The molecule has 0 saturated heterocycles. The van der Waals surface area contributed by atoms with Crippen LogP contribution in [0.4, 0.5) is 0 Å². The molecule has 0 aliphatic heterocycles. The summed E-state index contributed by atoms with van der Waals surface area (Å²) in [7, 11) is 0. The van der Waals surface area contributed by atoms with Gasteiger partial charge in [0, 0.05) is 0 Å². The largest absolute Gasteiger partial charge is 0.0956 e. The van der Waals surface area contributed by atoms with Crippen molar-refractivity contribution >= 4 is 0 Å². The average molecular weight is 279 g/mol. The fourth-order valence-corrected chi connectivity index (χ4v) is 2.80. The number of hydrogen-bond acceptors (Lipinski definition) is 0. The van der Waals surface area contributed by atoms with Crippen LogP contribution in [0.2, 0.25) is 0 Å². The second-order valence-electron chi connectivity index (χ2n) is 7.41. The monoisotopic (exact) mass is 278 g/mol. The normalized spacial score (nSPS) is 17.6. The van der Waals surface area contributed by atoms with Crippen LogP contribution in [0.25, 0.3) is 0 Å². The van der Waals surface area contributed by atoms with E-state index in [4.69, 9.17) is 0 Å². The van der Waals surface area contributed by atoms with Crippen molar-refractivity contribution in [1.82, 2.24) is 0 Å². The number of rotatable bonds is 10. The molecule has 0 bridgehead atoms. The molecule has 0 radical (unpaired) electrons. The smallest absolute Gasteiger partial charge is 0.0168 e. The van der Waals surface area contributed by atoms with Crippen molar-refractivity contribution in [3.8, 4) is 0 Å². The Morgan fingerprint density at radius 2 is 1.35 bits per heavy atom. The number of allylic oxidation sites excluding steroid dienone is 2. The quantitative estimate of drug-likeness (QED) is 0.382. The fourth-order valence-electron chi connectivity index (χ4n) is 2.80. The summed E-state index contributed by atoms with van der Waals surface area (Å²) in [4.78, 5) is 0. The van der Waals surface area contributed by atoms with Crippen molar-refractivity contribution in [3.05, 3.63) is 24.3 Å². The lowest BCUT2D eigenvalue weighted by Gasteiger charge is -2.29. The molecular formula is C20H38. The van der Waals surface area contributed by atoms with Crippen LogP contribution in [0.3, 0.4) is 0 Å². The second-order valence-corrected chi connectivity index (χ2v) is 7.41. The van der Waals surface area contributed by atoms with Gasteiger partial charge in [0.2, 0.25) is 0 Å². The molecule has 0 heterocycles. The van der Waals surface area contributed by atoms with Gasteiger partial charge >= 0.3 is 0 Å². The van der Waals surface area contributed by atoms with Crippen LogP contribution in [0.1, 0.15) is 74.1 Å². The Hall–Kier alpha value is -0.520. The summed E-state index contributed by atoms with van der Waals surface area (Å²) >= 11 is 0. The highest BCUT2D eigenvalue weighted by molar-refractivity contribution is 5.27. The Kier molecular flexibility index (Phi) is 9.18. The van der Waals surface area contributed by atoms with E-state index in [9.17, 15) is 0 Å². The molecule has 0 nitrogen and oxygen atoms in total. The highest BCUT2D eigenvalue weighted by atomic mass is 14.3. The lowest BCUT2D eigenvalue weighted by molar-refractivity contribution is 0.260. The molecule has 0 aromatic carbocycles. The lowest BCUT2D eigenvalue weighted by atomic mass is 9.77. The minimum absolute atomic E-state index is 0.558. The van der Waals surface area contributed by atoms with Crippen LogP contribution in [0, 0.1) is 29.6 Å². The summed E-state index contributed by atoms with van der Waals surface area (Å²) in [5.74, 6) is 3.71. The fraction of sp³-hybridized carbons (Fsp3) is 0.800. The lowest BCUT2D eigenvalue weighted by Crippen LogP contribution is -2.18. The van der Waals surface area contributed by atoms with Crippen molar-refractivity contribution in [1.29, 1.82) is 0 Å². The molecule has 0 spiro atoms. The van der Waals surface area contributed by atoms with Crippen molar-refractivity contribution in [2.75, 3.05) is 0 Å². The van der Waals surface area contributed by atoms with Crippen LogP contribution < -0.4 is 0 Å². The molecule has 0 amide bonds. The molecule has 0 saturated carbocycles. The average Bonchev–Trinajstić information content (AvgIpc) is 2.41. The summed E-state index contributed by atoms with van der Waals surface area (Å²) in [6, 6.07) is 0. The maximum atomic E-state index is 4.26. The van der Waals surface area contributed by atoms with Crippen LogP contribution >= 0.6 is 0 Å². The van der Waals surface area contributed by atoms with Gasteiger partial charge in [-0.25, -0.2) is 0 Å². The highest BCUT2D eigenvalue weighted by Crippen LogP contribution is 2.32. The van der Waals surface area contributed by atoms with Crippen molar-refractivity contribution in [2.24, 2.45) is 29.6 Å². The molecule has 0 aromatic rings. The molecule has 20 heavy (non-hydrogen) atoms. The molecule has 0 heteroatoms. The standard InChI is InChI=1S/C20H38/c1-10-15(4)19(8)20(9)18(7)13-17(6)16(5)12-11-14(2)3/h14,16-18,20H,4,8,10-13H2,1-3,5-7,9H3. The summed E-state index contributed by atoms with van der Waals surface area (Å²) in [5, 5.41) is 0. The summed E-state index contributed by atoms with van der Waals surface area (Å²) < 4.78 is 0. The van der Waals surface area contributed by atoms with Gasteiger partial charge in [-0.2, -0.15) is 0 Å². The van der Waals surface area contributed by atoms with Crippen molar-refractivity contribution in [3.63, 3.8) is 0 Å². The molecule has 0 rings (SSSR count). The first-order valence-corrected chi connectivity index (χ1v) is 8.57. The Morgan fingerprint density at radius 1 is 0.800 bits per heavy atom. The summed E-state index contributed by atoms with van der Waals surface area (Å²) in [6.45, 7) is 24.8. The van der Waals surface area contributed by atoms with E-state index in [1.807, 2.05) is 0 Å². The third-order valence-corrected chi connectivity index (χ3v) is 5.20. The van der Waals surface area contributed by atoms with Crippen LogP contribution in [0.5, 0.6) is 0 Å². The zero-order valence-electron chi connectivity index (χ0n) is 15.1. The second kappa shape index (κ2) is 9.42. The van der Waals surface area contributed by atoms with Gasteiger partial charge < -0.3 is 0 Å². The zero-order valence-corrected chi connectivity index (χ0v) is 15.1. The number of hydrogen-bond donors (Lipinski definition) is 0. The van der Waals surface area contributed by atoms with E-state index in [-0.39, 0.29) is 0 Å².